The molecule has 3 heteroatoms. The molecule has 0 heterocycles. The van der Waals surface area contributed by atoms with E-state index in [1.54, 1.807) is 6.08 Å². The van der Waals surface area contributed by atoms with Crippen molar-refractivity contribution in [1.29, 1.82) is 0 Å². The minimum Gasteiger partial charge on any atom is -0.480 e. The Morgan fingerprint density at radius 1 is 1.54 bits per heavy atom. The predicted molar refractivity (Wildman–Crippen MR) is 53.7 cm³/mol. The molecule has 0 saturated carbocycles. The van der Waals surface area contributed by atoms with Gasteiger partial charge < -0.3 is 5.11 Å². The molecule has 0 aliphatic carbocycles. The second kappa shape index (κ2) is 6.66. The van der Waals surface area contributed by atoms with Crippen LogP contribution in [-0.4, -0.2) is 23.2 Å². The fraction of sp³-hybridized carbons (Fsp3) is 0.700. The molecule has 1 atom stereocenters. The topological polar surface area (TPSA) is 49.3 Å². The van der Waals surface area contributed by atoms with Crippen LogP contribution in [0.25, 0.3) is 0 Å². The van der Waals surface area contributed by atoms with E-state index in [-0.39, 0.29) is 6.04 Å². The van der Waals surface area contributed by atoms with Crippen molar-refractivity contribution in [2.45, 2.75) is 45.7 Å². The third kappa shape index (κ3) is 6.34. The first-order valence-corrected chi connectivity index (χ1v) is 4.73. The number of hydrogen-bond donors (Lipinski definition) is 2. The van der Waals surface area contributed by atoms with Crippen LogP contribution in [0.4, 0.5) is 0 Å². The van der Waals surface area contributed by atoms with Crippen molar-refractivity contribution in [3.8, 4) is 0 Å². The molecular weight excluding hydrogens is 166 g/mol. The van der Waals surface area contributed by atoms with Crippen molar-refractivity contribution in [1.82, 2.24) is 5.32 Å². The number of hydrogen-bond acceptors (Lipinski definition) is 2. The molecule has 76 valence electrons. The molecule has 0 aliphatic heterocycles. The highest BCUT2D eigenvalue weighted by Gasteiger charge is 2.13. The first-order chi connectivity index (χ1) is 6.07. The van der Waals surface area contributed by atoms with Gasteiger partial charge in [0.05, 0.1) is 0 Å². The van der Waals surface area contributed by atoms with Crippen molar-refractivity contribution in [3.05, 3.63) is 12.2 Å². The summed E-state index contributed by atoms with van der Waals surface area (Å²) >= 11 is 0. The van der Waals surface area contributed by atoms with Crippen molar-refractivity contribution < 1.29 is 9.90 Å². The summed E-state index contributed by atoms with van der Waals surface area (Å²) in [5, 5.41) is 11.8. The fourth-order valence-electron chi connectivity index (χ4n) is 0.967. The highest BCUT2D eigenvalue weighted by Crippen LogP contribution is 1.94. The van der Waals surface area contributed by atoms with E-state index in [0.29, 0.717) is 0 Å². The van der Waals surface area contributed by atoms with Gasteiger partial charge in [-0.25, -0.2) is 0 Å². The van der Waals surface area contributed by atoms with Crippen molar-refractivity contribution in [2.24, 2.45) is 0 Å². The van der Waals surface area contributed by atoms with Gasteiger partial charge in [-0.2, -0.15) is 0 Å². The summed E-state index contributed by atoms with van der Waals surface area (Å²) < 4.78 is 0. The normalized spacial score (nSPS) is 13.8. The zero-order chi connectivity index (χ0) is 10.3. The van der Waals surface area contributed by atoms with Gasteiger partial charge in [0, 0.05) is 6.04 Å². The fourth-order valence-corrected chi connectivity index (χ4v) is 0.967. The molecule has 3 nitrogen and oxygen atoms in total. The number of unbranched alkanes of at least 4 members (excludes halogenated alkanes) is 1. The molecule has 0 saturated heterocycles. The van der Waals surface area contributed by atoms with Crippen LogP contribution >= 0.6 is 0 Å². The minimum absolute atomic E-state index is 0.187. The Bertz CT molecular complexity index is 176. The number of carboxylic acids is 1. The van der Waals surface area contributed by atoms with Crippen LogP contribution in [0.2, 0.25) is 0 Å². The van der Waals surface area contributed by atoms with Gasteiger partial charge >= 0.3 is 5.97 Å². The lowest BCUT2D eigenvalue weighted by atomic mass is 10.2. The zero-order valence-corrected chi connectivity index (χ0v) is 8.58. The Kier molecular flexibility index (Phi) is 6.24. The SMILES string of the molecule is CCC/C=C/C(NC(C)C)C(=O)O. The molecule has 0 radical (unpaired) electrons. The van der Waals surface area contributed by atoms with E-state index in [1.165, 1.54) is 0 Å². The predicted octanol–water partition coefficient (Wildman–Crippen LogP) is 1.79. The number of aliphatic carboxylic acids is 1. The maximum atomic E-state index is 10.7. The van der Waals surface area contributed by atoms with E-state index in [1.807, 2.05) is 19.9 Å². The third-order valence-electron chi connectivity index (χ3n) is 1.56. The van der Waals surface area contributed by atoms with E-state index < -0.39 is 12.0 Å². The van der Waals surface area contributed by atoms with Gasteiger partial charge in [-0.3, -0.25) is 10.1 Å². The first-order valence-electron chi connectivity index (χ1n) is 4.73. The van der Waals surface area contributed by atoms with Crippen LogP contribution in [0.3, 0.4) is 0 Å². The van der Waals surface area contributed by atoms with Gasteiger partial charge in [0.1, 0.15) is 6.04 Å². The number of carbonyl (C=O) groups is 1. The Hall–Kier alpha value is -0.830. The van der Waals surface area contributed by atoms with Gasteiger partial charge in [-0.15, -0.1) is 0 Å². The summed E-state index contributed by atoms with van der Waals surface area (Å²) in [6.45, 7) is 5.93. The van der Waals surface area contributed by atoms with E-state index in [4.69, 9.17) is 5.11 Å². The van der Waals surface area contributed by atoms with E-state index >= 15 is 0 Å². The molecule has 13 heavy (non-hydrogen) atoms. The van der Waals surface area contributed by atoms with Crippen molar-refractivity contribution in [3.63, 3.8) is 0 Å². The number of allylic oxidation sites excluding steroid dienone is 1. The highest BCUT2D eigenvalue weighted by molar-refractivity contribution is 5.75. The molecule has 0 amide bonds. The second-order valence-corrected chi connectivity index (χ2v) is 3.35. The second-order valence-electron chi connectivity index (χ2n) is 3.35. The quantitative estimate of drug-likeness (QED) is 0.620. The molecule has 0 bridgehead atoms. The number of carboxylic acid groups (broad SMARTS) is 1. The molecule has 0 spiro atoms. The van der Waals surface area contributed by atoms with Gasteiger partial charge in [-0.05, 0) is 20.3 Å². The van der Waals surface area contributed by atoms with E-state index in [2.05, 4.69) is 12.2 Å². The lowest BCUT2D eigenvalue weighted by molar-refractivity contribution is -0.138. The summed E-state index contributed by atoms with van der Waals surface area (Å²) in [5.74, 6) is -0.818. The lowest BCUT2D eigenvalue weighted by Crippen LogP contribution is -2.39. The average Bonchev–Trinajstić information content (AvgIpc) is 2.02. The van der Waals surface area contributed by atoms with Gasteiger partial charge in [0.2, 0.25) is 0 Å². The Balaban J connectivity index is 4.02. The molecule has 0 aliphatic rings. The van der Waals surface area contributed by atoms with Crippen LogP contribution in [0.1, 0.15) is 33.6 Å². The average molecular weight is 185 g/mol. The Morgan fingerprint density at radius 2 is 2.15 bits per heavy atom. The standard InChI is InChI=1S/C10H19NO2/c1-4-5-6-7-9(10(12)13)11-8(2)3/h6-9,11H,4-5H2,1-3H3,(H,12,13)/b7-6+. The van der Waals surface area contributed by atoms with Crippen molar-refractivity contribution in [2.75, 3.05) is 0 Å². The van der Waals surface area contributed by atoms with Gasteiger partial charge in [0.15, 0.2) is 0 Å². The number of nitrogens with one attached hydrogen (secondary N) is 1. The number of rotatable bonds is 6. The lowest BCUT2D eigenvalue weighted by Gasteiger charge is -2.13. The summed E-state index contributed by atoms with van der Waals surface area (Å²) in [4.78, 5) is 10.7. The smallest absolute Gasteiger partial charge is 0.324 e. The molecule has 0 aromatic rings. The summed E-state index contributed by atoms with van der Waals surface area (Å²) in [7, 11) is 0. The van der Waals surface area contributed by atoms with E-state index in [9.17, 15) is 4.79 Å². The largest absolute Gasteiger partial charge is 0.480 e. The van der Waals surface area contributed by atoms with Crippen LogP contribution in [0, 0.1) is 0 Å². The Morgan fingerprint density at radius 3 is 2.54 bits per heavy atom. The maximum absolute atomic E-state index is 10.7. The zero-order valence-electron chi connectivity index (χ0n) is 8.58. The van der Waals surface area contributed by atoms with Crippen LogP contribution in [-0.2, 0) is 4.79 Å². The summed E-state index contributed by atoms with van der Waals surface area (Å²) in [6, 6.07) is -0.362. The van der Waals surface area contributed by atoms with Crippen LogP contribution < -0.4 is 5.32 Å². The molecular formula is C10H19NO2. The molecule has 2 N–H and O–H groups in total. The maximum Gasteiger partial charge on any atom is 0.324 e. The highest BCUT2D eigenvalue weighted by atomic mass is 16.4. The first kappa shape index (κ1) is 12.2. The Labute approximate surface area is 79.8 Å². The van der Waals surface area contributed by atoms with Gasteiger partial charge in [-0.1, -0.05) is 25.5 Å². The van der Waals surface area contributed by atoms with Gasteiger partial charge in [0.25, 0.3) is 0 Å². The molecule has 0 rings (SSSR count). The van der Waals surface area contributed by atoms with Crippen LogP contribution in [0.5, 0.6) is 0 Å². The summed E-state index contributed by atoms with van der Waals surface area (Å²) in [6.07, 6.45) is 5.61. The molecule has 0 fully saturated rings. The monoisotopic (exact) mass is 185 g/mol. The van der Waals surface area contributed by atoms with E-state index in [0.717, 1.165) is 12.8 Å². The van der Waals surface area contributed by atoms with Crippen molar-refractivity contribution >= 4 is 5.97 Å². The molecule has 1 unspecified atom stereocenters. The molecule has 0 aromatic heterocycles. The summed E-state index contributed by atoms with van der Waals surface area (Å²) in [5.41, 5.74) is 0. The minimum atomic E-state index is -0.818. The van der Waals surface area contributed by atoms with Crippen LogP contribution in [0.15, 0.2) is 12.2 Å². The third-order valence-corrected chi connectivity index (χ3v) is 1.56. The molecule has 0 aromatic carbocycles.